The predicted octanol–water partition coefficient (Wildman–Crippen LogP) is 3.80. The Morgan fingerprint density at radius 1 is 1.23 bits per heavy atom. The number of carbonyl (C=O) groups excluding carboxylic acids is 1. The van der Waals surface area contributed by atoms with Crippen LogP contribution in [0.5, 0.6) is 5.75 Å². The molecular formula is C18H16Cl2N4O2. The Kier molecular flexibility index (Phi) is 5.44. The van der Waals surface area contributed by atoms with Crippen molar-refractivity contribution in [1.82, 2.24) is 15.0 Å². The van der Waals surface area contributed by atoms with Crippen LogP contribution in [-0.2, 0) is 11.8 Å². The van der Waals surface area contributed by atoms with E-state index in [1.165, 1.54) is 0 Å². The number of carbonyl (C=O) groups is 1. The summed E-state index contributed by atoms with van der Waals surface area (Å²) in [4.78, 5) is 16.5. The molecular weight excluding hydrogens is 375 g/mol. The van der Waals surface area contributed by atoms with Crippen molar-refractivity contribution < 1.29 is 9.53 Å². The molecule has 6 nitrogen and oxygen atoms in total. The number of fused-ring (bicyclic) bond motifs is 1. The largest absolute Gasteiger partial charge is 0.484 e. The highest BCUT2D eigenvalue weighted by Crippen LogP contribution is 2.26. The van der Waals surface area contributed by atoms with Gasteiger partial charge in [-0.2, -0.15) is 5.10 Å². The number of aromatic nitrogens is 2. The smallest absolute Gasteiger partial charge is 0.277 e. The second-order valence-corrected chi connectivity index (χ2v) is 6.39. The van der Waals surface area contributed by atoms with Crippen molar-refractivity contribution in [2.24, 2.45) is 12.1 Å². The molecule has 0 aliphatic rings. The third-order valence-corrected chi connectivity index (χ3v) is 4.46. The van der Waals surface area contributed by atoms with Crippen molar-refractivity contribution in [1.29, 1.82) is 0 Å². The molecule has 8 heteroatoms. The van der Waals surface area contributed by atoms with Crippen LogP contribution >= 0.6 is 23.2 Å². The number of halogens is 2. The summed E-state index contributed by atoms with van der Waals surface area (Å²) in [6.45, 7) is 1.58. The molecule has 0 atom stereocenters. The van der Waals surface area contributed by atoms with Gasteiger partial charge in [-0.25, -0.2) is 10.4 Å². The van der Waals surface area contributed by atoms with Gasteiger partial charge in [0.2, 0.25) is 0 Å². The molecule has 1 heterocycles. The number of amides is 1. The molecule has 1 amide bonds. The molecule has 0 saturated heterocycles. The molecule has 3 aromatic rings. The zero-order chi connectivity index (χ0) is 18.7. The number of nitrogens with one attached hydrogen (secondary N) is 1. The van der Waals surface area contributed by atoms with Gasteiger partial charge in [0.15, 0.2) is 12.4 Å². The van der Waals surface area contributed by atoms with Gasteiger partial charge in [0.05, 0.1) is 21.1 Å². The lowest BCUT2D eigenvalue weighted by Gasteiger charge is -2.07. The molecule has 0 fully saturated rings. The average Bonchev–Trinajstić information content (AvgIpc) is 2.98. The van der Waals surface area contributed by atoms with Crippen molar-refractivity contribution in [3.63, 3.8) is 0 Å². The van der Waals surface area contributed by atoms with Crippen LogP contribution in [-0.4, -0.2) is 27.8 Å². The first-order valence-electron chi connectivity index (χ1n) is 7.78. The topological polar surface area (TPSA) is 68.5 Å². The van der Waals surface area contributed by atoms with Gasteiger partial charge < -0.3 is 9.30 Å². The summed E-state index contributed by atoms with van der Waals surface area (Å²) < 4.78 is 7.29. The quantitative estimate of drug-likeness (QED) is 0.531. The van der Waals surface area contributed by atoms with E-state index in [9.17, 15) is 4.79 Å². The minimum atomic E-state index is -0.394. The van der Waals surface area contributed by atoms with Gasteiger partial charge in [-0.1, -0.05) is 35.3 Å². The van der Waals surface area contributed by atoms with Gasteiger partial charge in [-0.05, 0) is 31.2 Å². The summed E-state index contributed by atoms with van der Waals surface area (Å²) in [7, 11) is 1.90. The first kappa shape index (κ1) is 18.2. The van der Waals surface area contributed by atoms with E-state index in [4.69, 9.17) is 27.9 Å². The molecule has 1 N–H and O–H groups in total. The maximum Gasteiger partial charge on any atom is 0.277 e. The minimum absolute atomic E-state index is 0.197. The van der Waals surface area contributed by atoms with Crippen LogP contribution in [0.15, 0.2) is 47.6 Å². The fourth-order valence-corrected chi connectivity index (χ4v) is 2.70. The zero-order valence-electron chi connectivity index (χ0n) is 14.2. The Labute approximate surface area is 160 Å². The van der Waals surface area contributed by atoms with Crippen molar-refractivity contribution in [3.05, 3.63) is 58.3 Å². The fourth-order valence-electron chi connectivity index (χ4n) is 2.41. The van der Waals surface area contributed by atoms with Crippen LogP contribution in [0.25, 0.3) is 11.0 Å². The van der Waals surface area contributed by atoms with Crippen molar-refractivity contribution >= 4 is 45.9 Å². The van der Waals surface area contributed by atoms with Crippen LogP contribution in [0.2, 0.25) is 10.0 Å². The normalized spacial score (nSPS) is 11.6. The third-order valence-electron chi connectivity index (χ3n) is 3.72. The Bertz CT molecular complexity index is 998. The Hall–Kier alpha value is -2.57. The lowest BCUT2D eigenvalue weighted by Crippen LogP contribution is -2.26. The van der Waals surface area contributed by atoms with E-state index in [2.05, 4.69) is 15.5 Å². The van der Waals surface area contributed by atoms with E-state index in [-0.39, 0.29) is 6.61 Å². The van der Waals surface area contributed by atoms with E-state index < -0.39 is 5.91 Å². The minimum Gasteiger partial charge on any atom is -0.484 e. The SMILES string of the molecule is C/C(=N\NC(=O)COc1ccc(Cl)c(Cl)c1)c1nc2ccccc2n1C. The highest BCUT2D eigenvalue weighted by atomic mass is 35.5. The van der Waals surface area contributed by atoms with E-state index in [0.29, 0.717) is 27.3 Å². The van der Waals surface area contributed by atoms with Crippen LogP contribution in [0.3, 0.4) is 0 Å². The fraction of sp³-hybridized carbons (Fsp3) is 0.167. The van der Waals surface area contributed by atoms with Gasteiger partial charge in [-0.15, -0.1) is 0 Å². The lowest BCUT2D eigenvalue weighted by molar-refractivity contribution is -0.123. The molecule has 2 aromatic carbocycles. The standard InChI is InChI=1S/C18H16Cl2N4O2/c1-11(18-21-15-5-3-4-6-16(15)24(18)2)22-23-17(25)10-26-12-7-8-13(19)14(20)9-12/h3-9H,10H2,1-2H3,(H,23,25)/b22-11+. The molecule has 0 unspecified atom stereocenters. The molecule has 0 bridgehead atoms. The van der Waals surface area contributed by atoms with Gasteiger partial charge in [0, 0.05) is 13.1 Å². The van der Waals surface area contributed by atoms with Crippen LogP contribution in [0.4, 0.5) is 0 Å². The number of nitrogens with zero attached hydrogens (tertiary/aromatic N) is 3. The molecule has 134 valence electrons. The number of hydrogen-bond acceptors (Lipinski definition) is 4. The number of rotatable bonds is 5. The van der Waals surface area contributed by atoms with Crippen molar-refractivity contribution in [2.45, 2.75) is 6.92 Å². The van der Waals surface area contributed by atoms with Crippen molar-refractivity contribution in [2.75, 3.05) is 6.61 Å². The number of aryl methyl sites for hydroxylation is 1. The monoisotopic (exact) mass is 390 g/mol. The van der Waals surface area contributed by atoms with Gasteiger partial charge in [-0.3, -0.25) is 4.79 Å². The Balaban J connectivity index is 1.63. The summed E-state index contributed by atoms with van der Waals surface area (Å²) in [6.07, 6.45) is 0. The van der Waals surface area contributed by atoms with Gasteiger partial charge >= 0.3 is 0 Å². The maximum atomic E-state index is 11.9. The second kappa shape index (κ2) is 7.76. The Morgan fingerprint density at radius 3 is 2.73 bits per heavy atom. The van der Waals surface area contributed by atoms with Crippen LogP contribution < -0.4 is 10.2 Å². The lowest BCUT2D eigenvalue weighted by atomic mass is 10.3. The zero-order valence-corrected chi connectivity index (χ0v) is 15.7. The highest BCUT2D eigenvalue weighted by Gasteiger charge is 2.10. The maximum absolute atomic E-state index is 11.9. The second-order valence-electron chi connectivity index (χ2n) is 5.58. The van der Waals surface area contributed by atoms with Crippen molar-refractivity contribution in [3.8, 4) is 5.75 Å². The molecule has 0 spiro atoms. The summed E-state index contributed by atoms with van der Waals surface area (Å²) in [5, 5.41) is 4.88. The number of hydrogen-bond donors (Lipinski definition) is 1. The summed E-state index contributed by atoms with van der Waals surface area (Å²) >= 11 is 11.7. The molecule has 26 heavy (non-hydrogen) atoms. The predicted molar refractivity (Wildman–Crippen MR) is 103 cm³/mol. The van der Waals surface area contributed by atoms with E-state index in [0.717, 1.165) is 11.0 Å². The van der Waals surface area contributed by atoms with Crippen LogP contribution in [0.1, 0.15) is 12.7 Å². The van der Waals surface area contributed by atoms with E-state index in [1.807, 2.05) is 35.9 Å². The number of hydrazone groups is 1. The summed E-state index contributed by atoms with van der Waals surface area (Å²) in [6, 6.07) is 12.6. The molecule has 0 saturated carbocycles. The molecule has 0 radical (unpaired) electrons. The molecule has 1 aromatic heterocycles. The molecule has 3 rings (SSSR count). The van der Waals surface area contributed by atoms with Gasteiger partial charge in [0.1, 0.15) is 11.5 Å². The molecule has 0 aliphatic heterocycles. The van der Waals surface area contributed by atoms with Crippen LogP contribution in [0, 0.1) is 0 Å². The Morgan fingerprint density at radius 2 is 2.00 bits per heavy atom. The first-order chi connectivity index (χ1) is 12.5. The highest BCUT2D eigenvalue weighted by molar-refractivity contribution is 6.42. The first-order valence-corrected chi connectivity index (χ1v) is 8.54. The number of imidazole rings is 1. The van der Waals surface area contributed by atoms with E-state index in [1.54, 1.807) is 25.1 Å². The summed E-state index contributed by atoms with van der Waals surface area (Å²) in [5.41, 5.74) is 4.91. The summed E-state index contributed by atoms with van der Waals surface area (Å²) in [5.74, 6) is 0.733. The van der Waals surface area contributed by atoms with E-state index >= 15 is 0 Å². The number of ether oxygens (including phenoxy) is 1. The number of benzene rings is 2. The third kappa shape index (κ3) is 3.98. The molecule has 0 aliphatic carbocycles. The average molecular weight is 391 g/mol. The van der Waals surface area contributed by atoms with Gasteiger partial charge in [0.25, 0.3) is 5.91 Å². The number of para-hydroxylation sites is 2.